The first-order chi connectivity index (χ1) is 11.8. The van der Waals surface area contributed by atoms with Gasteiger partial charge < -0.3 is 14.2 Å². The number of carbonyl (C=O) groups excluding carboxylic acids is 1. The van der Waals surface area contributed by atoms with Crippen LogP contribution in [0.15, 0.2) is 28.8 Å². The van der Waals surface area contributed by atoms with Crippen molar-refractivity contribution in [3.05, 3.63) is 35.7 Å². The summed E-state index contributed by atoms with van der Waals surface area (Å²) in [6, 6.07) is 6.57. The summed E-state index contributed by atoms with van der Waals surface area (Å²) in [5, 5.41) is 3.34. The quantitative estimate of drug-likeness (QED) is 0.794. The summed E-state index contributed by atoms with van der Waals surface area (Å²) in [6.45, 7) is 4.40. The SMILES string of the molecule is CCN(Cc1ccc(-c2noc(C(F)(F)F)n2)cc1)C(=O)C(C)OC. The summed E-state index contributed by atoms with van der Waals surface area (Å²) < 4.78 is 46.7. The second kappa shape index (κ2) is 7.64. The third kappa shape index (κ3) is 4.56. The van der Waals surface area contributed by atoms with Crippen molar-refractivity contribution in [3.63, 3.8) is 0 Å². The molecule has 1 amide bonds. The Kier molecular flexibility index (Phi) is 5.78. The molecule has 1 aromatic heterocycles. The van der Waals surface area contributed by atoms with Crippen molar-refractivity contribution in [2.75, 3.05) is 13.7 Å². The van der Waals surface area contributed by atoms with E-state index in [4.69, 9.17) is 4.74 Å². The Hall–Kier alpha value is -2.42. The second-order valence-corrected chi connectivity index (χ2v) is 5.35. The molecule has 1 aromatic carbocycles. The van der Waals surface area contributed by atoms with Gasteiger partial charge in [0.2, 0.25) is 5.82 Å². The Balaban J connectivity index is 2.11. The number of alkyl halides is 3. The van der Waals surface area contributed by atoms with E-state index in [0.29, 0.717) is 18.7 Å². The van der Waals surface area contributed by atoms with E-state index in [1.165, 1.54) is 7.11 Å². The predicted octanol–water partition coefficient (Wildman–Crippen LogP) is 3.14. The molecule has 2 rings (SSSR count). The van der Waals surface area contributed by atoms with Crippen LogP contribution < -0.4 is 0 Å². The van der Waals surface area contributed by atoms with Gasteiger partial charge in [0.1, 0.15) is 6.10 Å². The number of ether oxygens (including phenoxy) is 1. The minimum Gasteiger partial charge on any atom is -0.372 e. The van der Waals surface area contributed by atoms with Gasteiger partial charge in [0.15, 0.2) is 0 Å². The predicted molar refractivity (Wildman–Crippen MR) is 82.3 cm³/mol. The number of hydrogen-bond acceptors (Lipinski definition) is 5. The normalized spacial score (nSPS) is 12.9. The Bertz CT molecular complexity index is 713. The molecule has 1 unspecified atom stereocenters. The van der Waals surface area contributed by atoms with E-state index in [1.54, 1.807) is 36.1 Å². The number of rotatable bonds is 6. The maximum Gasteiger partial charge on any atom is 0.471 e. The molecule has 0 spiro atoms. The van der Waals surface area contributed by atoms with Crippen molar-refractivity contribution in [2.45, 2.75) is 32.7 Å². The molecule has 0 saturated carbocycles. The first-order valence-corrected chi connectivity index (χ1v) is 7.58. The zero-order valence-corrected chi connectivity index (χ0v) is 14.0. The van der Waals surface area contributed by atoms with Gasteiger partial charge in [0.05, 0.1) is 0 Å². The first-order valence-electron chi connectivity index (χ1n) is 7.58. The summed E-state index contributed by atoms with van der Waals surface area (Å²) in [5.41, 5.74) is 1.21. The average molecular weight is 357 g/mol. The van der Waals surface area contributed by atoms with Gasteiger partial charge in [-0.1, -0.05) is 29.4 Å². The van der Waals surface area contributed by atoms with Crippen LogP contribution in [0.2, 0.25) is 0 Å². The molecule has 0 saturated heterocycles. The van der Waals surface area contributed by atoms with Gasteiger partial charge in [-0.3, -0.25) is 4.79 Å². The maximum absolute atomic E-state index is 12.5. The molecule has 0 radical (unpaired) electrons. The lowest BCUT2D eigenvalue weighted by molar-refractivity contribution is -0.159. The average Bonchev–Trinajstić information content (AvgIpc) is 3.09. The summed E-state index contributed by atoms with van der Waals surface area (Å²) in [7, 11) is 1.46. The molecule has 6 nitrogen and oxygen atoms in total. The van der Waals surface area contributed by atoms with Crippen LogP contribution in [0.25, 0.3) is 11.4 Å². The van der Waals surface area contributed by atoms with Crippen LogP contribution in [0.1, 0.15) is 25.3 Å². The largest absolute Gasteiger partial charge is 0.471 e. The highest BCUT2D eigenvalue weighted by molar-refractivity contribution is 5.80. The molecule has 0 aliphatic carbocycles. The van der Waals surface area contributed by atoms with Gasteiger partial charge in [0, 0.05) is 25.8 Å². The monoisotopic (exact) mass is 357 g/mol. The lowest BCUT2D eigenvalue weighted by Gasteiger charge is -2.23. The zero-order valence-electron chi connectivity index (χ0n) is 14.0. The number of halogens is 3. The number of nitrogens with zero attached hydrogens (tertiary/aromatic N) is 3. The van der Waals surface area contributed by atoms with Gasteiger partial charge in [-0.15, -0.1) is 0 Å². The number of benzene rings is 1. The summed E-state index contributed by atoms with van der Waals surface area (Å²) in [4.78, 5) is 17.1. The fourth-order valence-corrected chi connectivity index (χ4v) is 2.14. The zero-order chi connectivity index (χ0) is 18.6. The highest BCUT2D eigenvalue weighted by atomic mass is 19.4. The van der Waals surface area contributed by atoms with Gasteiger partial charge in [-0.2, -0.15) is 18.2 Å². The minimum absolute atomic E-state index is 0.137. The molecule has 2 aromatic rings. The van der Waals surface area contributed by atoms with Crippen LogP contribution >= 0.6 is 0 Å². The van der Waals surface area contributed by atoms with Gasteiger partial charge >= 0.3 is 12.1 Å². The molecule has 0 N–H and O–H groups in total. The molecule has 1 heterocycles. The molecule has 0 aliphatic heterocycles. The molecule has 0 aliphatic rings. The van der Waals surface area contributed by atoms with E-state index in [-0.39, 0.29) is 11.7 Å². The lowest BCUT2D eigenvalue weighted by atomic mass is 10.1. The van der Waals surface area contributed by atoms with E-state index >= 15 is 0 Å². The van der Waals surface area contributed by atoms with Crippen molar-refractivity contribution in [1.82, 2.24) is 15.0 Å². The van der Waals surface area contributed by atoms with Crippen molar-refractivity contribution in [2.24, 2.45) is 0 Å². The van der Waals surface area contributed by atoms with E-state index in [2.05, 4.69) is 14.7 Å². The lowest BCUT2D eigenvalue weighted by Crippen LogP contribution is -2.38. The number of hydrogen-bond donors (Lipinski definition) is 0. The fourth-order valence-electron chi connectivity index (χ4n) is 2.14. The van der Waals surface area contributed by atoms with Crippen LogP contribution in [0.3, 0.4) is 0 Å². The van der Waals surface area contributed by atoms with Crippen LogP contribution in [0, 0.1) is 0 Å². The van der Waals surface area contributed by atoms with Crippen LogP contribution in [-0.4, -0.2) is 40.7 Å². The van der Waals surface area contributed by atoms with Gasteiger partial charge in [-0.05, 0) is 19.4 Å². The molecule has 136 valence electrons. The molecule has 9 heteroatoms. The number of carbonyl (C=O) groups is 1. The number of methoxy groups -OCH3 is 1. The number of amides is 1. The topological polar surface area (TPSA) is 68.5 Å². The van der Waals surface area contributed by atoms with Gasteiger partial charge in [-0.25, -0.2) is 0 Å². The molecular weight excluding hydrogens is 339 g/mol. The third-order valence-corrected chi connectivity index (χ3v) is 3.65. The maximum atomic E-state index is 12.5. The Morgan fingerprint density at radius 2 is 1.96 bits per heavy atom. The van der Waals surface area contributed by atoms with E-state index in [9.17, 15) is 18.0 Å². The van der Waals surface area contributed by atoms with E-state index < -0.39 is 18.2 Å². The first kappa shape index (κ1) is 18.9. The highest BCUT2D eigenvalue weighted by Crippen LogP contribution is 2.29. The molecule has 25 heavy (non-hydrogen) atoms. The van der Waals surface area contributed by atoms with Crippen LogP contribution in [0.5, 0.6) is 0 Å². The highest BCUT2D eigenvalue weighted by Gasteiger charge is 2.38. The Labute approximate surface area is 142 Å². The Morgan fingerprint density at radius 3 is 2.44 bits per heavy atom. The third-order valence-electron chi connectivity index (χ3n) is 3.65. The van der Waals surface area contributed by atoms with Crippen molar-refractivity contribution >= 4 is 5.91 Å². The summed E-state index contributed by atoms with van der Waals surface area (Å²) >= 11 is 0. The van der Waals surface area contributed by atoms with Crippen LogP contribution in [0.4, 0.5) is 13.2 Å². The smallest absolute Gasteiger partial charge is 0.372 e. The molecule has 0 bridgehead atoms. The minimum atomic E-state index is -4.68. The number of likely N-dealkylation sites (N-methyl/N-ethyl adjacent to an activating group) is 1. The second-order valence-electron chi connectivity index (χ2n) is 5.35. The standard InChI is InChI=1S/C16H18F3N3O3/c1-4-22(14(23)10(2)24-3)9-11-5-7-12(8-6-11)13-20-15(25-21-13)16(17,18)19/h5-8,10H,4,9H2,1-3H3. The van der Waals surface area contributed by atoms with Crippen molar-refractivity contribution < 1.29 is 27.2 Å². The van der Waals surface area contributed by atoms with Crippen LogP contribution in [-0.2, 0) is 22.3 Å². The number of aromatic nitrogens is 2. The summed E-state index contributed by atoms with van der Waals surface area (Å²) in [5.74, 6) is -1.67. The van der Waals surface area contributed by atoms with Crippen molar-refractivity contribution in [1.29, 1.82) is 0 Å². The van der Waals surface area contributed by atoms with Crippen molar-refractivity contribution in [3.8, 4) is 11.4 Å². The summed E-state index contributed by atoms with van der Waals surface area (Å²) in [6.07, 6.45) is -5.22. The Morgan fingerprint density at radius 1 is 1.32 bits per heavy atom. The molecular formula is C16H18F3N3O3. The molecule has 1 atom stereocenters. The van der Waals surface area contributed by atoms with E-state index in [0.717, 1.165) is 5.56 Å². The molecule has 0 fully saturated rings. The van der Waals surface area contributed by atoms with E-state index in [1.807, 2.05) is 6.92 Å². The fraction of sp³-hybridized carbons (Fsp3) is 0.438. The van der Waals surface area contributed by atoms with Gasteiger partial charge in [0.25, 0.3) is 5.91 Å².